The van der Waals surface area contributed by atoms with Gasteiger partial charge in [-0.05, 0) is 19.2 Å². The summed E-state index contributed by atoms with van der Waals surface area (Å²) in [4.78, 5) is 1.87. The van der Waals surface area contributed by atoms with E-state index in [4.69, 9.17) is 5.26 Å². The van der Waals surface area contributed by atoms with Crippen molar-refractivity contribution >= 4 is 0 Å². The second-order valence-electron chi connectivity index (χ2n) is 3.00. The molecule has 0 amide bonds. The zero-order valence-corrected chi connectivity index (χ0v) is 8.20. The van der Waals surface area contributed by atoms with Crippen LogP contribution in [0, 0.1) is 23.2 Å². The fourth-order valence-electron chi connectivity index (χ4n) is 0.975. The summed E-state index contributed by atoms with van der Waals surface area (Å²) in [5.74, 6) is 6.04. The Balaban J connectivity index is 2.46. The maximum Gasteiger partial charge on any atom is 0.0871 e. The summed E-state index contributed by atoms with van der Waals surface area (Å²) >= 11 is 0. The molecule has 1 aromatic rings. The minimum Gasteiger partial charge on any atom is -0.282 e. The topological polar surface area (TPSA) is 27.0 Å². The molecule has 0 spiro atoms. The van der Waals surface area contributed by atoms with E-state index in [0.29, 0.717) is 13.1 Å². The van der Waals surface area contributed by atoms with Crippen molar-refractivity contribution in [2.45, 2.75) is 0 Å². The second-order valence-corrected chi connectivity index (χ2v) is 3.00. The lowest BCUT2D eigenvalue weighted by atomic mass is 10.2. The van der Waals surface area contributed by atoms with E-state index in [1.165, 1.54) is 0 Å². The largest absolute Gasteiger partial charge is 0.282 e. The molecule has 0 atom stereocenters. The molecule has 0 aliphatic carbocycles. The fourth-order valence-corrected chi connectivity index (χ4v) is 0.975. The van der Waals surface area contributed by atoms with Gasteiger partial charge in [0.1, 0.15) is 0 Å². The normalized spacial score (nSPS) is 8.93. The van der Waals surface area contributed by atoms with Crippen molar-refractivity contribution in [2.75, 3.05) is 20.1 Å². The molecule has 1 aromatic carbocycles. The van der Waals surface area contributed by atoms with E-state index in [-0.39, 0.29) is 0 Å². The first-order valence-corrected chi connectivity index (χ1v) is 4.42. The van der Waals surface area contributed by atoms with Gasteiger partial charge in [0, 0.05) is 5.56 Å². The molecule has 2 nitrogen and oxygen atoms in total. The van der Waals surface area contributed by atoms with Crippen molar-refractivity contribution < 1.29 is 0 Å². The van der Waals surface area contributed by atoms with Crippen LogP contribution in [0.2, 0.25) is 0 Å². The molecule has 0 bridgehead atoms. The molecule has 70 valence electrons. The minimum atomic E-state index is 0.420. The van der Waals surface area contributed by atoms with Gasteiger partial charge in [-0.15, -0.1) is 0 Å². The quantitative estimate of drug-likeness (QED) is 0.514. The van der Waals surface area contributed by atoms with Crippen LogP contribution in [-0.4, -0.2) is 25.0 Å². The summed E-state index contributed by atoms with van der Waals surface area (Å²) in [5, 5.41) is 8.41. The van der Waals surface area contributed by atoms with Crippen molar-refractivity contribution in [3.63, 3.8) is 0 Å². The molecule has 1 rings (SSSR count). The Morgan fingerprint density at radius 3 is 2.57 bits per heavy atom. The minimum absolute atomic E-state index is 0.420. The summed E-state index contributed by atoms with van der Waals surface area (Å²) in [6.45, 7) is 1.05. The molecule has 0 fully saturated rings. The smallest absolute Gasteiger partial charge is 0.0871 e. The lowest BCUT2D eigenvalue weighted by molar-refractivity contribution is 0.423. The summed E-state index contributed by atoms with van der Waals surface area (Å²) in [7, 11) is 1.88. The van der Waals surface area contributed by atoms with Gasteiger partial charge in [0.15, 0.2) is 0 Å². The van der Waals surface area contributed by atoms with Crippen LogP contribution in [0.15, 0.2) is 30.3 Å². The van der Waals surface area contributed by atoms with Gasteiger partial charge in [0.05, 0.1) is 19.2 Å². The van der Waals surface area contributed by atoms with Crippen LogP contribution >= 0.6 is 0 Å². The third kappa shape index (κ3) is 3.76. The Labute approximate surface area is 84.8 Å². The van der Waals surface area contributed by atoms with Gasteiger partial charge >= 0.3 is 0 Å². The highest BCUT2D eigenvalue weighted by Crippen LogP contribution is 1.94. The molecule has 14 heavy (non-hydrogen) atoms. The Kier molecular flexibility index (Phi) is 4.27. The average Bonchev–Trinajstić information content (AvgIpc) is 2.20. The third-order valence-corrected chi connectivity index (χ3v) is 1.70. The lowest BCUT2D eigenvalue weighted by Crippen LogP contribution is -2.18. The molecule has 0 unspecified atom stereocenters. The van der Waals surface area contributed by atoms with Gasteiger partial charge in [-0.2, -0.15) is 5.26 Å². The van der Waals surface area contributed by atoms with Gasteiger partial charge < -0.3 is 0 Å². The maximum absolute atomic E-state index is 8.41. The monoisotopic (exact) mass is 184 g/mol. The van der Waals surface area contributed by atoms with Crippen molar-refractivity contribution in [2.24, 2.45) is 0 Å². The van der Waals surface area contributed by atoms with Gasteiger partial charge in [-0.3, -0.25) is 4.90 Å². The molecule has 0 saturated heterocycles. The van der Waals surface area contributed by atoms with E-state index in [1.807, 2.05) is 42.3 Å². The van der Waals surface area contributed by atoms with E-state index in [0.717, 1.165) is 5.56 Å². The Morgan fingerprint density at radius 2 is 1.93 bits per heavy atom. The number of hydrogen-bond acceptors (Lipinski definition) is 2. The van der Waals surface area contributed by atoms with Gasteiger partial charge in [0.2, 0.25) is 0 Å². The summed E-state index contributed by atoms with van der Waals surface area (Å²) < 4.78 is 0. The van der Waals surface area contributed by atoms with E-state index in [1.54, 1.807) is 0 Å². The lowest BCUT2D eigenvalue weighted by Gasteiger charge is -2.05. The summed E-state index contributed by atoms with van der Waals surface area (Å²) in [6, 6.07) is 11.9. The van der Waals surface area contributed by atoms with Gasteiger partial charge in [-0.1, -0.05) is 30.0 Å². The van der Waals surface area contributed by atoms with E-state index in [9.17, 15) is 0 Å². The predicted octanol–water partition coefficient (Wildman–Crippen LogP) is 1.49. The summed E-state index contributed by atoms with van der Waals surface area (Å²) in [5.41, 5.74) is 1.01. The second kappa shape index (κ2) is 5.80. The van der Waals surface area contributed by atoms with Gasteiger partial charge in [-0.25, -0.2) is 0 Å². The maximum atomic E-state index is 8.41. The molecule has 0 aromatic heterocycles. The Bertz CT molecular complexity index is 365. The highest BCUT2D eigenvalue weighted by molar-refractivity contribution is 5.33. The molecule has 0 N–H and O–H groups in total. The zero-order chi connectivity index (χ0) is 10.2. The van der Waals surface area contributed by atoms with Crippen molar-refractivity contribution in [1.29, 1.82) is 5.26 Å². The SMILES string of the molecule is CN(CC#N)CC#Cc1ccccc1. The van der Waals surface area contributed by atoms with Crippen LogP contribution in [0.4, 0.5) is 0 Å². The molecule has 0 radical (unpaired) electrons. The van der Waals surface area contributed by atoms with Crippen LogP contribution in [-0.2, 0) is 0 Å². The standard InChI is InChI=1S/C12H12N2/c1-14(11-9-13)10-5-8-12-6-3-2-4-7-12/h2-4,6-7H,10-11H2,1H3. The van der Waals surface area contributed by atoms with Crippen molar-refractivity contribution in [3.05, 3.63) is 35.9 Å². The molecule has 0 aliphatic heterocycles. The number of nitrogens with zero attached hydrogens (tertiary/aromatic N) is 2. The Hall–Kier alpha value is -1.77. The molecular weight excluding hydrogens is 172 g/mol. The van der Waals surface area contributed by atoms with E-state index >= 15 is 0 Å². The van der Waals surface area contributed by atoms with Crippen LogP contribution in [0.25, 0.3) is 0 Å². The third-order valence-electron chi connectivity index (χ3n) is 1.70. The number of benzene rings is 1. The highest BCUT2D eigenvalue weighted by Gasteiger charge is 1.90. The number of nitriles is 1. The molecule has 0 aliphatic rings. The van der Waals surface area contributed by atoms with Crippen LogP contribution in [0.3, 0.4) is 0 Å². The van der Waals surface area contributed by atoms with Gasteiger partial charge in [0.25, 0.3) is 0 Å². The fraction of sp³-hybridized carbons (Fsp3) is 0.250. The van der Waals surface area contributed by atoms with Crippen LogP contribution in [0.1, 0.15) is 5.56 Å². The van der Waals surface area contributed by atoms with Crippen LogP contribution < -0.4 is 0 Å². The summed E-state index contributed by atoms with van der Waals surface area (Å²) in [6.07, 6.45) is 0. The molecular formula is C12H12N2. The number of hydrogen-bond donors (Lipinski definition) is 0. The highest BCUT2D eigenvalue weighted by atomic mass is 15.1. The average molecular weight is 184 g/mol. The Morgan fingerprint density at radius 1 is 1.21 bits per heavy atom. The molecule has 2 heteroatoms. The predicted molar refractivity (Wildman–Crippen MR) is 56.4 cm³/mol. The first-order valence-electron chi connectivity index (χ1n) is 4.42. The van der Waals surface area contributed by atoms with Crippen LogP contribution in [0.5, 0.6) is 0 Å². The zero-order valence-electron chi connectivity index (χ0n) is 8.20. The van der Waals surface area contributed by atoms with Crippen molar-refractivity contribution in [3.8, 4) is 17.9 Å². The molecule has 0 heterocycles. The van der Waals surface area contributed by atoms with E-state index < -0.39 is 0 Å². The molecule has 0 saturated carbocycles. The first-order chi connectivity index (χ1) is 6.83. The van der Waals surface area contributed by atoms with Crippen molar-refractivity contribution in [1.82, 2.24) is 4.90 Å². The number of rotatable bonds is 2. The van der Waals surface area contributed by atoms with E-state index in [2.05, 4.69) is 17.9 Å². The first kappa shape index (κ1) is 10.3.